The van der Waals surface area contributed by atoms with Crippen LogP contribution in [0.25, 0.3) is 0 Å². The largest absolute Gasteiger partial charge is 0.477 e. The van der Waals surface area contributed by atoms with Crippen LogP contribution in [0.3, 0.4) is 0 Å². The van der Waals surface area contributed by atoms with E-state index < -0.39 is 5.97 Å². The molecule has 0 aliphatic heterocycles. The molecule has 0 saturated heterocycles. The number of halogens is 1. The first kappa shape index (κ1) is 14.1. The van der Waals surface area contributed by atoms with Crippen LogP contribution < -0.4 is 0 Å². The van der Waals surface area contributed by atoms with Gasteiger partial charge in [0.05, 0.1) is 5.02 Å². The first-order valence-electron chi connectivity index (χ1n) is 6.20. The lowest BCUT2D eigenvalue weighted by molar-refractivity contribution is 0.0681. The highest BCUT2D eigenvalue weighted by Gasteiger charge is 2.18. The summed E-state index contributed by atoms with van der Waals surface area (Å²) < 4.78 is 1.82. The summed E-state index contributed by atoms with van der Waals surface area (Å²) in [5.41, 5.74) is 0.296. The Morgan fingerprint density at radius 3 is 2.65 bits per heavy atom. The summed E-state index contributed by atoms with van der Waals surface area (Å²) in [6.07, 6.45) is 7.02. The molecule has 0 saturated carbocycles. The number of carbonyl (C=O) groups is 1. The third-order valence-electron chi connectivity index (χ3n) is 2.94. The Hall–Kier alpha value is -0.960. The molecule has 1 unspecified atom stereocenters. The molecule has 4 heteroatoms. The van der Waals surface area contributed by atoms with Crippen molar-refractivity contribution >= 4 is 17.6 Å². The first-order chi connectivity index (χ1) is 8.10. The van der Waals surface area contributed by atoms with Crippen molar-refractivity contribution in [3.8, 4) is 0 Å². The van der Waals surface area contributed by atoms with Gasteiger partial charge in [0.2, 0.25) is 0 Å². The minimum absolute atomic E-state index is 0.249. The van der Waals surface area contributed by atoms with E-state index in [-0.39, 0.29) is 6.04 Å². The average Bonchev–Trinajstić information content (AvgIpc) is 2.66. The van der Waals surface area contributed by atoms with E-state index in [4.69, 9.17) is 16.7 Å². The fourth-order valence-electron chi connectivity index (χ4n) is 2.11. The second-order valence-electron chi connectivity index (χ2n) is 4.34. The van der Waals surface area contributed by atoms with Crippen LogP contribution in [-0.2, 0) is 0 Å². The number of hydrogen-bond acceptors (Lipinski definition) is 1. The van der Waals surface area contributed by atoms with E-state index in [1.165, 1.54) is 6.07 Å². The van der Waals surface area contributed by atoms with Crippen LogP contribution in [0, 0.1) is 0 Å². The molecule has 96 valence electrons. The number of carboxylic acids is 1. The van der Waals surface area contributed by atoms with E-state index in [0.29, 0.717) is 10.7 Å². The topological polar surface area (TPSA) is 42.2 Å². The Balaban J connectivity index is 2.95. The Bertz CT molecular complexity index is 373. The molecule has 1 rings (SSSR count). The maximum absolute atomic E-state index is 11.1. The molecule has 1 aromatic rings. The standard InChI is InChI=1S/C13H20ClNO2/c1-3-5-7-11(6-4-2)15-9-10(14)8-12(15)13(16)17/h8-9,11H,3-7H2,1-2H3,(H,16,17). The van der Waals surface area contributed by atoms with Crippen molar-refractivity contribution < 1.29 is 9.90 Å². The Labute approximate surface area is 107 Å². The Kier molecular flexibility index (Phi) is 5.56. The van der Waals surface area contributed by atoms with Crippen LogP contribution >= 0.6 is 11.6 Å². The zero-order valence-electron chi connectivity index (χ0n) is 10.4. The van der Waals surface area contributed by atoms with Gasteiger partial charge >= 0.3 is 5.97 Å². The predicted octanol–water partition coefficient (Wildman–Crippen LogP) is 4.37. The normalized spacial score (nSPS) is 12.6. The third kappa shape index (κ3) is 3.77. The highest BCUT2D eigenvalue weighted by molar-refractivity contribution is 6.30. The van der Waals surface area contributed by atoms with Gasteiger partial charge in [-0.15, -0.1) is 0 Å². The van der Waals surface area contributed by atoms with Crippen molar-refractivity contribution in [2.45, 2.75) is 52.0 Å². The van der Waals surface area contributed by atoms with Gasteiger partial charge in [0.15, 0.2) is 0 Å². The fourth-order valence-corrected chi connectivity index (χ4v) is 2.32. The quantitative estimate of drug-likeness (QED) is 0.788. The van der Waals surface area contributed by atoms with Crippen LogP contribution in [0.4, 0.5) is 0 Å². The number of unbranched alkanes of at least 4 members (excludes halogenated alkanes) is 1. The number of aromatic nitrogens is 1. The van der Waals surface area contributed by atoms with Crippen LogP contribution in [0.2, 0.25) is 5.02 Å². The van der Waals surface area contributed by atoms with E-state index >= 15 is 0 Å². The maximum Gasteiger partial charge on any atom is 0.352 e. The number of aromatic carboxylic acids is 1. The van der Waals surface area contributed by atoms with Gasteiger partial charge in [0.25, 0.3) is 0 Å². The smallest absolute Gasteiger partial charge is 0.352 e. The fraction of sp³-hybridized carbons (Fsp3) is 0.615. The second-order valence-corrected chi connectivity index (χ2v) is 4.78. The molecular weight excluding hydrogens is 238 g/mol. The molecule has 0 aromatic carbocycles. The molecule has 0 spiro atoms. The summed E-state index contributed by atoms with van der Waals surface area (Å²) >= 11 is 5.90. The number of rotatable bonds is 7. The zero-order valence-corrected chi connectivity index (χ0v) is 11.2. The lowest BCUT2D eigenvalue weighted by Crippen LogP contribution is -2.14. The monoisotopic (exact) mass is 257 g/mol. The molecule has 0 aliphatic rings. The van der Waals surface area contributed by atoms with Crippen molar-refractivity contribution in [1.82, 2.24) is 4.57 Å². The molecule has 0 amide bonds. The van der Waals surface area contributed by atoms with Crippen LogP contribution in [0.15, 0.2) is 12.3 Å². The summed E-state index contributed by atoms with van der Waals surface area (Å²) in [6, 6.07) is 1.77. The molecule has 0 bridgehead atoms. The summed E-state index contributed by atoms with van der Waals surface area (Å²) in [4.78, 5) is 11.1. The van der Waals surface area contributed by atoms with Gasteiger partial charge < -0.3 is 9.67 Å². The summed E-state index contributed by atoms with van der Waals surface area (Å²) in [7, 11) is 0. The van der Waals surface area contributed by atoms with E-state index in [9.17, 15) is 4.79 Å². The molecule has 1 atom stereocenters. The Morgan fingerprint density at radius 1 is 1.41 bits per heavy atom. The van der Waals surface area contributed by atoms with Gasteiger partial charge in [0.1, 0.15) is 5.69 Å². The van der Waals surface area contributed by atoms with Crippen LogP contribution in [-0.4, -0.2) is 15.6 Å². The second kappa shape index (κ2) is 6.70. The van der Waals surface area contributed by atoms with Crippen LogP contribution in [0.1, 0.15) is 62.5 Å². The lowest BCUT2D eigenvalue weighted by atomic mass is 10.0. The summed E-state index contributed by atoms with van der Waals surface area (Å²) in [6.45, 7) is 4.26. The summed E-state index contributed by atoms with van der Waals surface area (Å²) in [5, 5.41) is 9.64. The van der Waals surface area contributed by atoms with Gasteiger partial charge in [-0.3, -0.25) is 0 Å². The SMILES string of the molecule is CCCCC(CCC)n1cc(Cl)cc1C(=O)O. The maximum atomic E-state index is 11.1. The number of nitrogens with zero attached hydrogens (tertiary/aromatic N) is 1. The van der Waals surface area contributed by atoms with Crippen molar-refractivity contribution in [3.05, 3.63) is 23.0 Å². The van der Waals surface area contributed by atoms with E-state index in [1.54, 1.807) is 6.20 Å². The summed E-state index contributed by atoms with van der Waals surface area (Å²) in [5.74, 6) is -0.908. The van der Waals surface area contributed by atoms with Crippen molar-refractivity contribution in [1.29, 1.82) is 0 Å². The predicted molar refractivity (Wildman–Crippen MR) is 69.9 cm³/mol. The van der Waals surface area contributed by atoms with Gasteiger partial charge in [-0.05, 0) is 18.9 Å². The average molecular weight is 258 g/mol. The van der Waals surface area contributed by atoms with E-state index in [0.717, 1.165) is 32.1 Å². The van der Waals surface area contributed by atoms with E-state index in [1.807, 2.05) is 4.57 Å². The molecule has 3 nitrogen and oxygen atoms in total. The van der Waals surface area contributed by atoms with Gasteiger partial charge in [-0.1, -0.05) is 44.7 Å². The number of hydrogen-bond donors (Lipinski definition) is 1. The first-order valence-corrected chi connectivity index (χ1v) is 6.58. The van der Waals surface area contributed by atoms with Crippen LogP contribution in [0.5, 0.6) is 0 Å². The lowest BCUT2D eigenvalue weighted by Gasteiger charge is -2.19. The molecule has 1 heterocycles. The molecule has 0 aliphatic carbocycles. The van der Waals surface area contributed by atoms with Crippen molar-refractivity contribution in [2.75, 3.05) is 0 Å². The van der Waals surface area contributed by atoms with Crippen molar-refractivity contribution in [3.63, 3.8) is 0 Å². The number of carboxylic acid groups (broad SMARTS) is 1. The molecule has 17 heavy (non-hydrogen) atoms. The third-order valence-corrected chi connectivity index (χ3v) is 3.15. The molecule has 1 aromatic heterocycles. The highest BCUT2D eigenvalue weighted by atomic mass is 35.5. The molecule has 0 radical (unpaired) electrons. The molecule has 0 fully saturated rings. The minimum Gasteiger partial charge on any atom is -0.477 e. The van der Waals surface area contributed by atoms with Gasteiger partial charge in [-0.2, -0.15) is 0 Å². The van der Waals surface area contributed by atoms with Crippen molar-refractivity contribution in [2.24, 2.45) is 0 Å². The van der Waals surface area contributed by atoms with Gasteiger partial charge in [-0.25, -0.2) is 4.79 Å². The zero-order chi connectivity index (χ0) is 12.8. The molecule has 1 N–H and O–H groups in total. The van der Waals surface area contributed by atoms with Gasteiger partial charge in [0, 0.05) is 12.2 Å². The van der Waals surface area contributed by atoms with E-state index in [2.05, 4.69) is 13.8 Å². The minimum atomic E-state index is -0.908. The Morgan fingerprint density at radius 2 is 2.12 bits per heavy atom. The molecular formula is C13H20ClNO2. The highest BCUT2D eigenvalue weighted by Crippen LogP contribution is 2.26.